The Balaban J connectivity index is 1.66. The van der Waals surface area contributed by atoms with Gasteiger partial charge in [-0.1, -0.05) is 18.2 Å². The number of carbonyl (C=O) groups is 1. The number of benzene rings is 2. The van der Waals surface area contributed by atoms with Gasteiger partial charge in [0.25, 0.3) is 0 Å². The molecule has 1 N–H and O–H groups in total. The van der Waals surface area contributed by atoms with E-state index in [2.05, 4.69) is 10.3 Å². The summed E-state index contributed by atoms with van der Waals surface area (Å²) in [5.74, 6) is -0.979. The van der Waals surface area contributed by atoms with E-state index in [4.69, 9.17) is 0 Å². The van der Waals surface area contributed by atoms with Crippen molar-refractivity contribution in [2.24, 2.45) is 5.41 Å². The second-order valence-corrected chi connectivity index (χ2v) is 7.00. The van der Waals surface area contributed by atoms with Crippen LogP contribution in [0.15, 0.2) is 54.9 Å². The molecule has 1 aliphatic rings. The van der Waals surface area contributed by atoms with Crippen LogP contribution in [-0.4, -0.2) is 17.1 Å². The summed E-state index contributed by atoms with van der Waals surface area (Å²) in [6, 6.07) is 13.0. The number of pyridine rings is 1. The highest BCUT2D eigenvalue weighted by atomic mass is 19.4. The summed E-state index contributed by atoms with van der Waals surface area (Å²) in [6.45, 7) is 1.92. The van der Waals surface area contributed by atoms with E-state index in [9.17, 15) is 18.0 Å². The van der Waals surface area contributed by atoms with Crippen LogP contribution in [0.4, 0.5) is 18.9 Å². The third kappa shape index (κ3) is 3.05. The van der Waals surface area contributed by atoms with E-state index >= 15 is 0 Å². The average molecular weight is 370 g/mol. The molecule has 0 bridgehead atoms. The largest absolute Gasteiger partial charge is 0.403 e. The zero-order valence-electron chi connectivity index (χ0n) is 14.6. The van der Waals surface area contributed by atoms with Gasteiger partial charge in [0.05, 0.1) is 0 Å². The summed E-state index contributed by atoms with van der Waals surface area (Å²) in [7, 11) is 0. The van der Waals surface area contributed by atoms with Crippen molar-refractivity contribution in [3.8, 4) is 11.1 Å². The van der Waals surface area contributed by atoms with Crippen molar-refractivity contribution in [3.05, 3.63) is 60.4 Å². The Kier molecular flexibility index (Phi) is 3.94. The fraction of sp³-hybridized carbons (Fsp3) is 0.238. The highest BCUT2D eigenvalue weighted by Gasteiger charge is 2.68. The molecule has 4 rings (SSSR count). The number of aryl methyl sites for hydroxylation is 1. The van der Waals surface area contributed by atoms with Gasteiger partial charge in [0.15, 0.2) is 0 Å². The van der Waals surface area contributed by atoms with Crippen LogP contribution in [0, 0.1) is 12.3 Å². The second kappa shape index (κ2) is 6.08. The normalized spacial score (nSPS) is 15.6. The zero-order valence-corrected chi connectivity index (χ0v) is 14.6. The standard InChI is InChI=1S/C21H17F3N2O/c1-13-2-5-17(26-19(27)20(7-8-20)21(22,23)24)11-18(13)15-4-3-14-6-9-25-12-16(14)10-15/h2-6,9-12H,7-8H2,1H3,(H,26,27). The smallest absolute Gasteiger partial charge is 0.325 e. The predicted molar refractivity (Wildman–Crippen MR) is 98.3 cm³/mol. The Morgan fingerprint density at radius 3 is 2.56 bits per heavy atom. The summed E-state index contributed by atoms with van der Waals surface area (Å²) in [6.07, 6.45) is -1.34. The molecule has 6 heteroatoms. The van der Waals surface area contributed by atoms with Crippen LogP contribution in [0.3, 0.4) is 0 Å². The first kappa shape index (κ1) is 17.5. The molecule has 27 heavy (non-hydrogen) atoms. The van der Waals surface area contributed by atoms with E-state index in [1.54, 1.807) is 30.6 Å². The van der Waals surface area contributed by atoms with Crippen molar-refractivity contribution in [1.29, 1.82) is 0 Å². The van der Waals surface area contributed by atoms with Crippen molar-refractivity contribution in [1.82, 2.24) is 4.98 Å². The van der Waals surface area contributed by atoms with Crippen LogP contribution in [0.25, 0.3) is 21.9 Å². The molecule has 3 aromatic rings. The quantitative estimate of drug-likeness (QED) is 0.662. The number of carbonyl (C=O) groups excluding carboxylic acids is 1. The Morgan fingerprint density at radius 1 is 1.07 bits per heavy atom. The van der Waals surface area contributed by atoms with Crippen molar-refractivity contribution < 1.29 is 18.0 Å². The lowest BCUT2D eigenvalue weighted by Crippen LogP contribution is -2.36. The lowest BCUT2D eigenvalue weighted by molar-refractivity contribution is -0.189. The monoisotopic (exact) mass is 370 g/mol. The van der Waals surface area contributed by atoms with Crippen LogP contribution < -0.4 is 5.32 Å². The molecule has 2 aromatic carbocycles. The van der Waals surface area contributed by atoms with Gasteiger partial charge in [0, 0.05) is 23.5 Å². The summed E-state index contributed by atoms with van der Waals surface area (Å²) < 4.78 is 39.4. The molecule has 1 heterocycles. The van der Waals surface area contributed by atoms with Gasteiger partial charge in [-0.25, -0.2) is 0 Å². The number of fused-ring (bicyclic) bond motifs is 1. The first-order chi connectivity index (χ1) is 12.8. The van der Waals surface area contributed by atoms with Crippen molar-refractivity contribution in [2.75, 3.05) is 5.32 Å². The van der Waals surface area contributed by atoms with Gasteiger partial charge >= 0.3 is 6.18 Å². The molecule has 0 saturated heterocycles. The van der Waals surface area contributed by atoms with Gasteiger partial charge in [-0.15, -0.1) is 0 Å². The fourth-order valence-corrected chi connectivity index (χ4v) is 3.28. The molecule has 0 spiro atoms. The number of rotatable bonds is 3. The average Bonchev–Trinajstić information content (AvgIpc) is 3.45. The summed E-state index contributed by atoms with van der Waals surface area (Å²) in [4.78, 5) is 16.3. The van der Waals surface area contributed by atoms with Crippen molar-refractivity contribution in [3.63, 3.8) is 0 Å². The van der Waals surface area contributed by atoms with Gasteiger partial charge in [-0.05, 0) is 66.1 Å². The lowest BCUT2D eigenvalue weighted by atomic mass is 9.97. The molecule has 1 aromatic heterocycles. The van der Waals surface area contributed by atoms with E-state index < -0.39 is 17.5 Å². The van der Waals surface area contributed by atoms with E-state index in [-0.39, 0.29) is 12.8 Å². The number of alkyl halides is 3. The Bertz CT molecular complexity index is 1040. The molecule has 0 radical (unpaired) electrons. The minimum Gasteiger partial charge on any atom is -0.325 e. The molecule has 1 saturated carbocycles. The number of halogens is 3. The third-order valence-electron chi connectivity index (χ3n) is 5.17. The number of hydrogen-bond acceptors (Lipinski definition) is 2. The van der Waals surface area contributed by atoms with Gasteiger partial charge in [0.1, 0.15) is 5.41 Å². The van der Waals surface area contributed by atoms with Gasteiger partial charge in [0.2, 0.25) is 5.91 Å². The van der Waals surface area contributed by atoms with E-state index in [1.165, 1.54) is 0 Å². The molecule has 1 amide bonds. The Labute approximate surface area is 154 Å². The van der Waals surface area contributed by atoms with Crippen molar-refractivity contribution in [2.45, 2.75) is 25.9 Å². The predicted octanol–water partition coefficient (Wildman–Crippen LogP) is 5.49. The van der Waals surface area contributed by atoms with Gasteiger partial charge in [-0.3, -0.25) is 9.78 Å². The van der Waals surface area contributed by atoms with Crippen molar-refractivity contribution >= 4 is 22.4 Å². The zero-order chi connectivity index (χ0) is 19.2. The maximum atomic E-state index is 13.1. The van der Waals surface area contributed by atoms with Gasteiger partial charge < -0.3 is 5.32 Å². The minimum absolute atomic E-state index is 0.154. The highest BCUT2D eigenvalue weighted by Crippen LogP contribution is 2.58. The number of amides is 1. The minimum atomic E-state index is -4.52. The van der Waals surface area contributed by atoms with Crippen LogP contribution in [0.5, 0.6) is 0 Å². The van der Waals surface area contributed by atoms with Gasteiger partial charge in [-0.2, -0.15) is 13.2 Å². The summed E-state index contributed by atoms with van der Waals surface area (Å²) in [5.41, 5.74) is 0.874. The molecular weight excluding hydrogens is 353 g/mol. The Hall–Kier alpha value is -2.89. The first-order valence-electron chi connectivity index (χ1n) is 8.63. The van der Waals surface area contributed by atoms with Crippen LogP contribution in [0.2, 0.25) is 0 Å². The highest BCUT2D eigenvalue weighted by molar-refractivity contribution is 5.98. The number of hydrogen-bond donors (Lipinski definition) is 1. The second-order valence-electron chi connectivity index (χ2n) is 7.00. The number of nitrogens with one attached hydrogen (secondary N) is 1. The van der Waals surface area contributed by atoms with E-state index in [0.717, 1.165) is 27.5 Å². The maximum absolute atomic E-state index is 13.1. The molecule has 3 nitrogen and oxygen atoms in total. The lowest BCUT2D eigenvalue weighted by Gasteiger charge is -2.19. The molecule has 1 aliphatic carbocycles. The molecule has 0 atom stereocenters. The molecule has 0 aliphatic heterocycles. The topological polar surface area (TPSA) is 42.0 Å². The SMILES string of the molecule is Cc1ccc(NC(=O)C2(C(F)(F)F)CC2)cc1-c1ccc2ccncc2c1. The Morgan fingerprint density at radius 2 is 1.85 bits per heavy atom. The first-order valence-corrected chi connectivity index (χ1v) is 8.63. The maximum Gasteiger partial charge on any atom is 0.403 e. The molecule has 1 fully saturated rings. The number of anilines is 1. The fourth-order valence-electron chi connectivity index (χ4n) is 3.28. The van der Waals surface area contributed by atoms with Crippen LogP contribution in [-0.2, 0) is 4.79 Å². The van der Waals surface area contributed by atoms with Crippen LogP contribution in [0.1, 0.15) is 18.4 Å². The van der Waals surface area contributed by atoms with E-state index in [1.807, 2.05) is 31.2 Å². The summed E-state index contributed by atoms with van der Waals surface area (Å²) >= 11 is 0. The molecule has 138 valence electrons. The summed E-state index contributed by atoms with van der Waals surface area (Å²) in [5, 5.41) is 4.48. The molecule has 0 unspecified atom stereocenters. The number of aromatic nitrogens is 1. The third-order valence-corrected chi connectivity index (χ3v) is 5.17. The van der Waals surface area contributed by atoms with Crippen LogP contribution >= 0.6 is 0 Å². The number of nitrogens with zero attached hydrogens (tertiary/aromatic N) is 1. The molecular formula is C21H17F3N2O. The van der Waals surface area contributed by atoms with E-state index in [0.29, 0.717) is 5.69 Å².